The number of aromatic nitrogens is 1. The number of carbonyl (C=O) groups is 1. The second-order valence-electron chi connectivity index (χ2n) is 7.79. The highest BCUT2D eigenvalue weighted by molar-refractivity contribution is 7.07. The third-order valence-corrected chi connectivity index (χ3v) is 6.18. The van der Waals surface area contributed by atoms with Crippen LogP contribution in [0.1, 0.15) is 24.5 Å². The molecule has 4 rings (SSSR count). The summed E-state index contributed by atoms with van der Waals surface area (Å²) in [5.74, 6) is 1.20. The Kier molecular flexibility index (Phi) is 6.99. The maximum absolute atomic E-state index is 12.6. The number of anilines is 1. The van der Waals surface area contributed by atoms with Crippen molar-refractivity contribution in [1.29, 1.82) is 0 Å². The van der Waals surface area contributed by atoms with Crippen LogP contribution in [0.4, 0.5) is 10.5 Å². The number of piperidine rings is 1. The first-order chi connectivity index (χ1) is 15.2. The van der Waals surface area contributed by atoms with Gasteiger partial charge in [-0.3, -0.25) is 4.98 Å². The van der Waals surface area contributed by atoms with Crippen molar-refractivity contribution in [2.45, 2.75) is 19.8 Å². The van der Waals surface area contributed by atoms with E-state index in [2.05, 4.69) is 52.3 Å². The lowest BCUT2D eigenvalue weighted by molar-refractivity contribution is 0.198. The number of thiophene rings is 1. The van der Waals surface area contributed by atoms with Crippen molar-refractivity contribution in [2.75, 3.05) is 25.0 Å². The molecule has 31 heavy (non-hydrogen) atoms. The molecule has 0 aliphatic carbocycles. The summed E-state index contributed by atoms with van der Waals surface area (Å²) in [6.07, 6.45) is 7.38. The fraction of sp³-hybridized carbons (Fsp3) is 0.280. The van der Waals surface area contributed by atoms with Crippen LogP contribution in [0.5, 0.6) is 5.75 Å². The van der Waals surface area contributed by atoms with Crippen molar-refractivity contribution in [3.63, 3.8) is 0 Å². The summed E-state index contributed by atoms with van der Waals surface area (Å²) in [5.41, 5.74) is 4.54. The number of likely N-dealkylation sites (tertiary alicyclic amines) is 1. The zero-order valence-corrected chi connectivity index (χ0v) is 18.5. The van der Waals surface area contributed by atoms with Gasteiger partial charge >= 0.3 is 6.03 Å². The van der Waals surface area contributed by atoms with Gasteiger partial charge in [0.2, 0.25) is 0 Å². The molecule has 0 saturated carbocycles. The van der Waals surface area contributed by atoms with Crippen molar-refractivity contribution in [1.82, 2.24) is 9.88 Å². The fourth-order valence-electron chi connectivity index (χ4n) is 3.72. The van der Waals surface area contributed by atoms with Crippen molar-refractivity contribution in [2.24, 2.45) is 5.92 Å². The van der Waals surface area contributed by atoms with Crippen molar-refractivity contribution in [3.05, 3.63) is 82.3 Å². The number of hydrogen-bond donors (Lipinski definition) is 1. The zero-order valence-electron chi connectivity index (χ0n) is 17.7. The van der Waals surface area contributed by atoms with Gasteiger partial charge in [-0.05, 0) is 64.6 Å². The van der Waals surface area contributed by atoms with Gasteiger partial charge in [0, 0.05) is 25.7 Å². The Labute approximate surface area is 187 Å². The van der Waals surface area contributed by atoms with Crippen molar-refractivity contribution >= 4 is 29.1 Å². The first-order valence-corrected chi connectivity index (χ1v) is 11.5. The molecular weight excluding hydrogens is 406 g/mol. The third kappa shape index (κ3) is 5.95. The Morgan fingerprint density at radius 2 is 2.26 bits per heavy atom. The van der Waals surface area contributed by atoms with E-state index in [1.54, 1.807) is 23.7 Å². The topological polar surface area (TPSA) is 54.5 Å². The molecule has 6 heteroatoms. The number of carbonyl (C=O) groups excluding carboxylic acids is 1. The molecule has 3 heterocycles. The Morgan fingerprint density at radius 1 is 1.32 bits per heavy atom. The second kappa shape index (κ2) is 10.3. The van der Waals surface area contributed by atoms with Crippen LogP contribution in [0.15, 0.2) is 71.2 Å². The molecule has 5 nitrogen and oxygen atoms in total. The van der Waals surface area contributed by atoms with E-state index in [1.807, 2.05) is 29.2 Å². The number of amides is 2. The molecule has 1 N–H and O–H groups in total. The smallest absolute Gasteiger partial charge is 0.321 e. The standard InChI is InChI=1S/C25H27N3O2S/c1-19-17-28(25(29)27-23-5-3-10-26-16-23)11-7-22(19)14-21-4-2-6-24(15-21)30-12-8-20-9-13-31-18-20/h2-6,9-10,13-16,18-19H,7-8,11-12,17H2,1H3,(H,27,29)/b22-14+. The summed E-state index contributed by atoms with van der Waals surface area (Å²) in [6.45, 7) is 4.26. The van der Waals surface area contributed by atoms with Crippen molar-refractivity contribution < 1.29 is 9.53 Å². The van der Waals surface area contributed by atoms with E-state index in [4.69, 9.17) is 4.74 Å². The predicted octanol–water partition coefficient (Wildman–Crippen LogP) is 5.72. The number of rotatable bonds is 6. The summed E-state index contributed by atoms with van der Waals surface area (Å²) >= 11 is 1.72. The molecule has 3 aromatic rings. The minimum atomic E-state index is -0.0695. The highest BCUT2D eigenvalue weighted by atomic mass is 32.1. The van der Waals surface area contributed by atoms with Crippen molar-refractivity contribution in [3.8, 4) is 5.75 Å². The van der Waals surface area contributed by atoms with Gasteiger partial charge in [-0.2, -0.15) is 11.3 Å². The summed E-state index contributed by atoms with van der Waals surface area (Å²) in [7, 11) is 0. The van der Waals surface area contributed by atoms with Crippen LogP contribution in [0.3, 0.4) is 0 Å². The number of nitrogens with zero attached hydrogens (tertiary/aromatic N) is 2. The number of pyridine rings is 1. The number of benzene rings is 1. The fourth-order valence-corrected chi connectivity index (χ4v) is 4.42. The number of hydrogen-bond acceptors (Lipinski definition) is 4. The molecule has 1 atom stereocenters. The van der Waals surface area contributed by atoms with E-state index < -0.39 is 0 Å². The van der Waals surface area contributed by atoms with Gasteiger partial charge in [0.15, 0.2) is 0 Å². The minimum absolute atomic E-state index is 0.0695. The zero-order chi connectivity index (χ0) is 21.5. The molecule has 1 fully saturated rings. The monoisotopic (exact) mass is 433 g/mol. The molecule has 1 saturated heterocycles. The normalized spacial score (nSPS) is 17.5. The Bertz CT molecular complexity index is 1020. The first kappa shape index (κ1) is 21.1. The molecule has 2 amide bonds. The summed E-state index contributed by atoms with van der Waals surface area (Å²) in [4.78, 5) is 18.5. The average Bonchev–Trinajstić information content (AvgIpc) is 3.30. The number of urea groups is 1. The highest BCUT2D eigenvalue weighted by Gasteiger charge is 2.24. The largest absolute Gasteiger partial charge is 0.493 e. The predicted molar refractivity (Wildman–Crippen MR) is 127 cm³/mol. The van der Waals surface area contributed by atoms with E-state index >= 15 is 0 Å². The molecule has 1 aliphatic rings. The highest BCUT2D eigenvalue weighted by Crippen LogP contribution is 2.26. The van der Waals surface area contributed by atoms with E-state index in [0.29, 0.717) is 25.6 Å². The van der Waals surface area contributed by atoms with Gasteiger partial charge < -0.3 is 15.0 Å². The Balaban J connectivity index is 1.32. The summed E-state index contributed by atoms with van der Waals surface area (Å²) in [5, 5.41) is 7.18. The maximum atomic E-state index is 12.6. The molecule has 1 aliphatic heterocycles. The van der Waals surface area contributed by atoms with Gasteiger partial charge in [-0.1, -0.05) is 30.7 Å². The lowest BCUT2D eigenvalue weighted by Crippen LogP contribution is -2.42. The summed E-state index contributed by atoms with van der Waals surface area (Å²) in [6, 6.07) is 14.0. The maximum Gasteiger partial charge on any atom is 0.321 e. The molecular formula is C25H27N3O2S. The molecule has 0 radical (unpaired) electrons. The van der Waals surface area contributed by atoms with Crippen LogP contribution in [0.25, 0.3) is 6.08 Å². The van der Waals surface area contributed by atoms with Gasteiger partial charge in [0.1, 0.15) is 5.75 Å². The van der Waals surface area contributed by atoms with Gasteiger partial charge in [-0.15, -0.1) is 0 Å². The van der Waals surface area contributed by atoms with Gasteiger partial charge in [0.05, 0.1) is 18.5 Å². The van der Waals surface area contributed by atoms with E-state index in [9.17, 15) is 4.79 Å². The average molecular weight is 434 g/mol. The van der Waals surface area contributed by atoms with E-state index in [0.717, 1.165) is 29.8 Å². The molecule has 1 unspecified atom stereocenters. The quantitative estimate of drug-likeness (QED) is 0.541. The summed E-state index contributed by atoms with van der Waals surface area (Å²) < 4.78 is 5.95. The SMILES string of the molecule is CC1CN(C(=O)Nc2cccnc2)CC/C1=C\c1cccc(OCCc2ccsc2)c1. The lowest BCUT2D eigenvalue weighted by Gasteiger charge is -2.33. The lowest BCUT2D eigenvalue weighted by atomic mass is 9.91. The minimum Gasteiger partial charge on any atom is -0.493 e. The molecule has 160 valence electrons. The number of ether oxygens (including phenoxy) is 1. The van der Waals surface area contributed by atoms with Crippen LogP contribution < -0.4 is 10.1 Å². The number of nitrogens with one attached hydrogen (secondary N) is 1. The van der Waals surface area contributed by atoms with Crippen LogP contribution in [0.2, 0.25) is 0 Å². The molecule has 0 bridgehead atoms. The third-order valence-electron chi connectivity index (χ3n) is 5.45. The van der Waals surface area contributed by atoms with Crippen LogP contribution >= 0.6 is 11.3 Å². The molecule has 1 aromatic carbocycles. The van der Waals surface area contributed by atoms with Crippen LogP contribution in [-0.2, 0) is 6.42 Å². The van der Waals surface area contributed by atoms with Gasteiger partial charge in [-0.25, -0.2) is 4.79 Å². The van der Waals surface area contributed by atoms with E-state index in [-0.39, 0.29) is 6.03 Å². The van der Waals surface area contributed by atoms with Crippen LogP contribution in [-0.4, -0.2) is 35.6 Å². The van der Waals surface area contributed by atoms with Gasteiger partial charge in [0.25, 0.3) is 0 Å². The van der Waals surface area contributed by atoms with E-state index in [1.165, 1.54) is 11.1 Å². The second-order valence-corrected chi connectivity index (χ2v) is 8.57. The first-order valence-electron chi connectivity index (χ1n) is 10.6. The molecule has 0 spiro atoms. The Morgan fingerprint density at radius 3 is 3.03 bits per heavy atom. The van der Waals surface area contributed by atoms with Crippen LogP contribution in [0, 0.1) is 5.92 Å². The Hall–Kier alpha value is -3.12. The molecule has 2 aromatic heterocycles.